The fourth-order valence-corrected chi connectivity index (χ4v) is 2.41. The third kappa shape index (κ3) is 2.43. The lowest BCUT2D eigenvalue weighted by Crippen LogP contribution is -2.12. The minimum absolute atomic E-state index is 0.256. The zero-order valence-corrected chi connectivity index (χ0v) is 11.5. The van der Waals surface area contributed by atoms with Gasteiger partial charge in [-0.05, 0) is 24.3 Å². The summed E-state index contributed by atoms with van der Waals surface area (Å²) in [5.74, 6) is -0.256. The van der Waals surface area contributed by atoms with E-state index in [1.165, 1.54) is 17.7 Å². The molecule has 3 aromatic rings. The third-order valence-corrected chi connectivity index (χ3v) is 3.60. The first-order valence-electron chi connectivity index (χ1n) is 5.88. The van der Waals surface area contributed by atoms with Crippen molar-refractivity contribution in [2.45, 2.75) is 0 Å². The van der Waals surface area contributed by atoms with Crippen molar-refractivity contribution in [1.82, 2.24) is 19.3 Å². The maximum atomic E-state index is 12.1. The van der Waals surface area contributed by atoms with Gasteiger partial charge in [0.2, 0.25) is 0 Å². The van der Waals surface area contributed by atoms with Gasteiger partial charge in [0.25, 0.3) is 5.91 Å². The zero-order chi connectivity index (χ0) is 13.9. The van der Waals surface area contributed by atoms with Gasteiger partial charge in [0.15, 0.2) is 4.80 Å². The predicted octanol–water partition coefficient (Wildman–Crippen LogP) is 1.41. The van der Waals surface area contributed by atoms with E-state index in [4.69, 9.17) is 0 Å². The summed E-state index contributed by atoms with van der Waals surface area (Å²) >= 11 is 1.43. The summed E-state index contributed by atoms with van der Waals surface area (Å²) in [6.45, 7) is 0. The van der Waals surface area contributed by atoms with Crippen molar-refractivity contribution < 1.29 is 4.79 Å². The van der Waals surface area contributed by atoms with Gasteiger partial charge in [-0.1, -0.05) is 0 Å². The molecule has 20 heavy (non-hydrogen) atoms. The van der Waals surface area contributed by atoms with E-state index in [0.717, 1.165) is 5.69 Å². The highest BCUT2D eigenvalue weighted by Crippen LogP contribution is 2.09. The number of carbonyl (C=O) groups is 1. The Labute approximate surface area is 118 Å². The molecule has 0 spiro atoms. The highest BCUT2D eigenvalue weighted by atomic mass is 32.1. The van der Waals surface area contributed by atoms with Crippen LogP contribution >= 0.6 is 11.3 Å². The molecule has 0 N–H and O–H groups in total. The lowest BCUT2D eigenvalue weighted by atomic mass is 10.2. The summed E-state index contributed by atoms with van der Waals surface area (Å²) in [6, 6.07) is 7.09. The minimum atomic E-state index is -0.256. The van der Waals surface area contributed by atoms with Crippen LogP contribution in [0.25, 0.3) is 5.69 Å². The minimum Gasteiger partial charge on any atom is -0.327 e. The van der Waals surface area contributed by atoms with E-state index >= 15 is 0 Å². The lowest BCUT2D eigenvalue weighted by Gasteiger charge is -2.00. The molecular weight excluding hydrogens is 274 g/mol. The quantitative estimate of drug-likeness (QED) is 0.715. The number of nitrogens with zero attached hydrogens (tertiary/aromatic N) is 5. The molecule has 0 saturated carbocycles. The van der Waals surface area contributed by atoms with Crippen molar-refractivity contribution in [3.8, 4) is 5.69 Å². The molecule has 0 unspecified atom stereocenters. The van der Waals surface area contributed by atoms with Crippen molar-refractivity contribution >= 4 is 17.2 Å². The Hall–Kier alpha value is -2.54. The number of aromatic nitrogens is 4. The topological polar surface area (TPSA) is 65.1 Å². The van der Waals surface area contributed by atoms with Gasteiger partial charge in [0, 0.05) is 24.2 Å². The van der Waals surface area contributed by atoms with E-state index < -0.39 is 0 Å². The highest BCUT2D eigenvalue weighted by Gasteiger charge is 2.05. The first-order valence-corrected chi connectivity index (χ1v) is 6.76. The average Bonchev–Trinajstić information content (AvgIpc) is 3.12. The number of carbonyl (C=O) groups excluding carboxylic acids is 1. The predicted molar refractivity (Wildman–Crippen MR) is 74.5 cm³/mol. The number of hydrogen-bond donors (Lipinski definition) is 0. The Morgan fingerprint density at radius 1 is 1.30 bits per heavy atom. The van der Waals surface area contributed by atoms with Crippen LogP contribution in [0.15, 0.2) is 53.5 Å². The van der Waals surface area contributed by atoms with E-state index in [1.807, 2.05) is 35.3 Å². The molecule has 2 heterocycles. The normalized spacial score (nSPS) is 11.8. The van der Waals surface area contributed by atoms with Crippen LogP contribution in [0.5, 0.6) is 0 Å². The number of rotatable bonds is 2. The van der Waals surface area contributed by atoms with E-state index in [-0.39, 0.29) is 5.91 Å². The molecule has 6 nitrogen and oxygen atoms in total. The first kappa shape index (κ1) is 12.5. The second-order valence-electron chi connectivity index (χ2n) is 4.10. The fourth-order valence-electron chi connectivity index (χ4n) is 1.68. The molecule has 3 rings (SSSR count). The van der Waals surface area contributed by atoms with E-state index in [1.54, 1.807) is 23.1 Å². The van der Waals surface area contributed by atoms with Crippen LogP contribution in [-0.4, -0.2) is 25.2 Å². The van der Waals surface area contributed by atoms with Gasteiger partial charge in [-0.2, -0.15) is 10.1 Å². The van der Waals surface area contributed by atoms with Crippen LogP contribution in [0.3, 0.4) is 0 Å². The molecule has 7 heteroatoms. The number of thiazole rings is 1. The highest BCUT2D eigenvalue weighted by molar-refractivity contribution is 7.07. The van der Waals surface area contributed by atoms with Crippen LogP contribution < -0.4 is 4.80 Å². The maximum Gasteiger partial charge on any atom is 0.279 e. The molecule has 0 saturated heterocycles. The molecule has 1 amide bonds. The zero-order valence-electron chi connectivity index (χ0n) is 10.7. The van der Waals surface area contributed by atoms with Crippen LogP contribution in [-0.2, 0) is 7.05 Å². The maximum absolute atomic E-state index is 12.1. The molecule has 100 valence electrons. The summed E-state index contributed by atoms with van der Waals surface area (Å²) < 4.78 is 3.44. The van der Waals surface area contributed by atoms with Crippen molar-refractivity contribution in [3.05, 3.63) is 58.9 Å². The van der Waals surface area contributed by atoms with Gasteiger partial charge in [-0.3, -0.25) is 4.79 Å². The molecule has 1 aromatic carbocycles. The Morgan fingerprint density at radius 3 is 2.70 bits per heavy atom. The van der Waals surface area contributed by atoms with E-state index in [9.17, 15) is 4.79 Å². The largest absolute Gasteiger partial charge is 0.327 e. The molecule has 2 aromatic heterocycles. The van der Waals surface area contributed by atoms with Crippen molar-refractivity contribution in [2.24, 2.45) is 12.0 Å². The van der Waals surface area contributed by atoms with Crippen LogP contribution in [0.1, 0.15) is 10.4 Å². The van der Waals surface area contributed by atoms with E-state index in [0.29, 0.717) is 10.4 Å². The van der Waals surface area contributed by atoms with Crippen LogP contribution in [0, 0.1) is 0 Å². The van der Waals surface area contributed by atoms with Gasteiger partial charge in [-0.15, -0.1) is 11.3 Å². The third-order valence-electron chi connectivity index (χ3n) is 2.75. The van der Waals surface area contributed by atoms with Crippen LogP contribution in [0.2, 0.25) is 0 Å². The standard InChI is InChI=1S/C13H11N5OS/c1-17-6-7-20-13(17)16-12(19)10-2-4-11(5-3-10)18-9-14-8-15-18/h2-9H,1H3. The Bertz CT molecular complexity index is 783. The lowest BCUT2D eigenvalue weighted by molar-refractivity contribution is 0.0998. The van der Waals surface area contributed by atoms with Gasteiger partial charge < -0.3 is 4.57 Å². The second kappa shape index (κ2) is 5.22. The molecule has 0 aliphatic rings. The SMILES string of the molecule is Cn1ccsc1=NC(=O)c1ccc(-n2cncn2)cc1. The molecule has 0 bridgehead atoms. The fraction of sp³-hybridized carbons (Fsp3) is 0.0769. The summed E-state index contributed by atoms with van der Waals surface area (Å²) in [6.07, 6.45) is 4.93. The molecule has 0 aliphatic heterocycles. The van der Waals surface area contributed by atoms with Gasteiger partial charge in [0.1, 0.15) is 12.7 Å². The molecule has 0 fully saturated rings. The Morgan fingerprint density at radius 2 is 2.10 bits per heavy atom. The monoisotopic (exact) mass is 285 g/mol. The first-order chi connectivity index (χ1) is 9.74. The number of amides is 1. The summed E-state index contributed by atoms with van der Waals surface area (Å²) in [5.41, 5.74) is 1.39. The number of aryl methyl sites for hydroxylation is 1. The van der Waals surface area contributed by atoms with Crippen molar-refractivity contribution in [1.29, 1.82) is 0 Å². The van der Waals surface area contributed by atoms with Crippen molar-refractivity contribution in [2.75, 3.05) is 0 Å². The number of benzene rings is 1. The summed E-state index contributed by atoms with van der Waals surface area (Å²) in [4.78, 5) is 20.7. The van der Waals surface area contributed by atoms with E-state index in [2.05, 4.69) is 15.1 Å². The average molecular weight is 285 g/mol. The molecular formula is C13H11N5OS. The molecule has 0 aliphatic carbocycles. The van der Waals surface area contributed by atoms with Crippen molar-refractivity contribution in [3.63, 3.8) is 0 Å². The summed E-state index contributed by atoms with van der Waals surface area (Å²) in [5, 5.41) is 5.92. The number of hydrogen-bond acceptors (Lipinski definition) is 4. The van der Waals surface area contributed by atoms with Crippen LogP contribution in [0.4, 0.5) is 0 Å². The molecule has 0 radical (unpaired) electrons. The Balaban J connectivity index is 1.89. The smallest absolute Gasteiger partial charge is 0.279 e. The Kier molecular flexibility index (Phi) is 3.26. The van der Waals surface area contributed by atoms with Gasteiger partial charge in [-0.25, -0.2) is 9.67 Å². The molecule has 0 atom stereocenters. The second-order valence-corrected chi connectivity index (χ2v) is 4.97. The van der Waals surface area contributed by atoms with Gasteiger partial charge in [0.05, 0.1) is 5.69 Å². The summed E-state index contributed by atoms with van der Waals surface area (Å²) in [7, 11) is 1.86. The van der Waals surface area contributed by atoms with Gasteiger partial charge >= 0.3 is 0 Å².